The topological polar surface area (TPSA) is 105 Å². The lowest BCUT2D eigenvalue weighted by Gasteiger charge is -2.12. The maximum absolute atomic E-state index is 12.6. The minimum Gasteiger partial charge on any atom is -0.493 e. The van der Waals surface area contributed by atoms with E-state index in [1.54, 1.807) is 30.3 Å². The number of halogens is 2. The van der Waals surface area contributed by atoms with E-state index in [1.807, 2.05) is 13.0 Å². The van der Waals surface area contributed by atoms with Gasteiger partial charge in [0.1, 0.15) is 16.5 Å². The fraction of sp³-hybridized carbons (Fsp3) is 0.0833. The van der Waals surface area contributed by atoms with E-state index in [0.29, 0.717) is 5.56 Å². The van der Waals surface area contributed by atoms with Gasteiger partial charge in [-0.2, -0.15) is 13.7 Å². The molecule has 174 valence electrons. The van der Waals surface area contributed by atoms with E-state index in [9.17, 15) is 18.5 Å². The summed E-state index contributed by atoms with van der Waals surface area (Å²) < 4.78 is 35.7. The van der Waals surface area contributed by atoms with Gasteiger partial charge in [-0.25, -0.2) is 0 Å². The molecule has 3 rings (SSSR count). The van der Waals surface area contributed by atoms with Gasteiger partial charge in [0.05, 0.1) is 22.8 Å². The van der Waals surface area contributed by atoms with E-state index in [-0.39, 0.29) is 37.7 Å². The van der Waals surface area contributed by atoms with Crippen molar-refractivity contribution in [1.29, 1.82) is 5.26 Å². The fourth-order valence-corrected chi connectivity index (χ4v) is 4.11. The summed E-state index contributed by atoms with van der Waals surface area (Å²) in [6.07, 6.45) is 1.31. The first-order valence-electron chi connectivity index (χ1n) is 9.71. The smallest absolute Gasteiger partial charge is 0.339 e. The molecule has 0 aliphatic rings. The molecule has 1 N–H and O–H groups in total. The molecule has 0 spiro atoms. The summed E-state index contributed by atoms with van der Waals surface area (Å²) in [4.78, 5) is 12.6. The molecule has 3 aromatic carbocycles. The number of nitriles is 1. The van der Waals surface area contributed by atoms with Crippen molar-refractivity contribution in [3.63, 3.8) is 0 Å². The van der Waals surface area contributed by atoms with Crippen molar-refractivity contribution >= 4 is 51.0 Å². The summed E-state index contributed by atoms with van der Waals surface area (Å²) in [7, 11) is -2.75. The number of hydrogen-bond acceptors (Lipinski definition) is 6. The highest BCUT2D eigenvalue weighted by Crippen LogP contribution is 2.32. The van der Waals surface area contributed by atoms with Crippen LogP contribution in [-0.4, -0.2) is 21.4 Å². The normalized spacial score (nSPS) is 11.4. The maximum atomic E-state index is 12.6. The van der Waals surface area contributed by atoms with Crippen molar-refractivity contribution in [3.05, 3.63) is 87.4 Å². The minimum atomic E-state index is -4.09. The SMILES string of the molecule is COc1cc(/C=C(\C#N)C(=O)Nc2cccc(Cl)c2Cl)ccc1OS(=O)(=O)c1ccc(C)cc1. The number of amides is 1. The largest absolute Gasteiger partial charge is 0.493 e. The predicted octanol–water partition coefficient (Wildman–Crippen LogP) is 5.62. The van der Waals surface area contributed by atoms with Crippen LogP contribution in [0.15, 0.2) is 71.1 Å². The number of benzene rings is 3. The second kappa shape index (κ2) is 10.6. The van der Waals surface area contributed by atoms with Crippen LogP contribution in [-0.2, 0) is 14.9 Å². The summed E-state index contributed by atoms with van der Waals surface area (Å²) in [5.74, 6) is -0.651. The van der Waals surface area contributed by atoms with Gasteiger partial charge < -0.3 is 14.2 Å². The van der Waals surface area contributed by atoms with Crippen LogP contribution in [0.3, 0.4) is 0 Å². The first-order valence-corrected chi connectivity index (χ1v) is 11.9. The molecular weight excluding hydrogens is 499 g/mol. The van der Waals surface area contributed by atoms with Crippen molar-refractivity contribution < 1.29 is 22.1 Å². The number of nitrogens with one attached hydrogen (secondary N) is 1. The Labute approximate surface area is 207 Å². The molecule has 0 atom stereocenters. The van der Waals surface area contributed by atoms with Gasteiger partial charge in [0.25, 0.3) is 5.91 Å². The molecule has 0 saturated heterocycles. The first-order chi connectivity index (χ1) is 16.1. The Morgan fingerprint density at radius 3 is 2.41 bits per heavy atom. The van der Waals surface area contributed by atoms with Gasteiger partial charge in [0.15, 0.2) is 11.5 Å². The molecule has 7 nitrogen and oxygen atoms in total. The number of anilines is 1. The van der Waals surface area contributed by atoms with Crippen molar-refractivity contribution in [2.45, 2.75) is 11.8 Å². The molecular formula is C24H18Cl2N2O5S. The molecule has 0 fully saturated rings. The van der Waals surface area contributed by atoms with Gasteiger partial charge in [-0.05, 0) is 55.0 Å². The zero-order valence-electron chi connectivity index (χ0n) is 18.0. The van der Waals surface area contributed by atoms with Crippen molar-refractivity contribution in [2.75, 3.05) is 12.4 Å². The summed E-state index contributed by atoms with van der Waals surface area (Å²) in [5, 5.41) is 12.4. The molecule has 1 amide bonds. The van der Waals surface area contributed by atoms with Gasteiger partial charge >= 0.3 is 10.1 Å². The van der Waals surface area contributed by atoms with Crippen molar-refractivity contribution in [3.8, 4) is 17.6 Å². The number of aryl methyl sites for hydroxylation is 1. The Balaban J connectivity index is 1.86. The molecule has 3 aromatic rings. The quantitative estimate of drug-likeness (QED) is 0.248. The molecule has 0 saturated carbocycles. The third kappa shape index (κ3) is 5.88. The summed E-state index contributed by atoms with van der Waals surface area (Å²) in [6.45, 7) is 1.84. The molecule has 10 heteroatoms. The average molecular weight is 517 g/mol. The van der Waals surface area contributed by atoms with Crippen LogP contribution in [0.5, 0.6) is 11.5 Å². The van der Waals surface area contributed by atoms with Crippen molar-refractivity contribution in [2.24, 2.45) is 0 Å². The third-order valence-corrected chi connectivity index (χ3v) is 6.64. The maximum Gasteiger partial charge on any atom is 0.339 e. The highest BCUT2D eigenvalue weighted by Gasteiger charge is 2.20. The monoisotopic (exact) mass is 516 g/mol. The Kier molecular flexibility index (Phi) is 7.84. The third-order valence-electron chi connectivity index (χ3n) is 4.57. The van der Waals surface area contributed by atoms with Crippen LogP contribution < -0.4 is 14.2 Å². The number of nitrogens with zero attached hydrogens (tertiary/aromatic N) is 1. The lowest BCUT2D eigenvalue weighted by atomic mass is 10.1. The summed E-state index contributed by atoms with van der Waals surface area (Å²) in [5.41, 5.74) is 1.34. The Bertz CT molecular complexity index is 1410. The molecule has 0 aromatic heterocycles. The van der Waals surface area contributed by atoms with Gasteiger partial charge in [-0.1, -0.05) is 53.0 Å². The second-order valence-corrected chi connectivity index (χ2v) is 9.32. The summed E-state index contributed by atoms with van der Waals surface area (Å²) in [6, 6.07) is 17.0. The Morgan fingerprint density at radius 2 is 1.76 bits per heavy atom. The van der Waals surface area contributed by atoms with Crippen LogP contribution in [0, 0.1) is 18.3 Å². The lowest BCUT2D eigenvalue weighted by Crippen LogP contribution is -2.13. The van der Waals surface area contributed by atoms with E-state index in [4.69, 9.17) is 32.1 Å². The van der Waals surface area contributed by atoms with E-state index >= 15 is 0 Å². The lowest BCUT2D eigenvalue weighted by molar-refractivity contribution is -0.112. The summed E-state index contributed by atoms with van der Waals surface area (Å²) >= 11 is 12.0. The number of rotatable bonds is 7. The van der Waals surface area contributed by atoms with Gasteiger partial charge in [0.2, 0.25) is 0 Å². The Morgan fingerprint density at radius 1 is 1.06 bits per heavy atom. The Hall–Kier alpha value is -3.51. The standard InChI is InChI=1S/C24H18Cl2N2O5S/c1-15-6-9-18(10-7-15)34(30,31)33-21-11-8-16(13-22(21)32-2)12-17(14-27)24(29)28-20-5-3-4-19(25)23(20)26/h3-13H,1-2H3,(H,28,29)/b17-12+. The van der Waals surface area contributed by atoms with Crippen molar-refractivity contribution in [1.82, 2.24) is 0 Å². The van der Waals surface area contributed by atoms with Gasteiger partial charge in [-0.15, -0.1) is 0 Å². The minimum absolute atomic E-state index is 0.00719. The van der Waals surface area contributed by atoms with E-state index in [0.717, 1.165) is 5.56 Å². The number of ether oxygens (including phenoxy) is 1. The molecule has 0 bridgehead atoms. The highest BCUT2D eigenvalue weighted by atomic mass is 35.5. The highest BCUT2D eigenvalue weighted by molar-refractivity contribution is 7.87. The van der Waals surface area contributed by atoms with Crippen LogP contribution in [0.25, 0.3) is 6.08 Å². The first kappa shape index (κ1) is 25.1. The van der Waals surface area contributed by atoms with E-state index < -0.39 is 16.0 Å². The number of carbonyl (C=O) groups is 1. The molecule has 0 radical (unpaired) electrons. The van der Waals surface area contributed by atoms with Crippen LogP contribution in [0.4, 0.5) is 5.69 Å². The number of hydrogen-bond donors (Lipinski definition) is 1. The predicted molar refractivity (Wildman–Crippen MR) is 131 cm³/mol. The number of carbonyl (C=O) groups excluding carboxylic acids is 1. The van der Waals surface area contributed by atoms with E-state index in [2.05, 4.69) is 5.32 Å². The molecule has 0 unspecified atom stereocenters. The molecule has 0 aliphatic carbocycles. The van der Waals surface area contributed by atoms with Crippen LogP contribution >= 0.6 is 23.2 Å². The average Bonchev–Trinajstić information content (AvgIpc) is 2.81. The molecule has 0 aliphatic heterocycles. The van der Waals surface area contributed by atoms with Gasteiger partial charge in [-0.3, -0.25) is 4.79 Å². The molecule has 34 heavy (non-hydrogen) atoms. The van der Waals surface area contributed by atoms with E-state index in [1.165, 1.54) is 43.5 Å². The van der Waals surface area contributed by atoms with Crippen LogP contribution in [0.2, 0.25) is 10.0 Å². The number of methoxy groups -OCH3 is 1. The molecule has 0 heterocycles. The fourth-order valence-electron chi connectivity index (χ4n) is 2.82. The zero-order chi connectivity index (χ0) is 24.9. The zero-order valence-corrected chi connectivity index (χ0v) is 20.3. The van der Waals surface area contributed by atoms with Gasteiger partial charge in [0, 0.05) is 0 Å². The second-order valence-electron chi connectivity index (χ2n) is 6.99. The van der Waals surface area contributed by atoms with Crippen LogP contribution in [0.1, 0.15) is 11.1 Å².